The Kier molecular flexibility index (Phi) is 5.11. The van der Waals surface area contributed by atoms with E-state index in [4.69, 9.17) is 4.74 Å². The van der Waals surface area contributed by atoms with Crippen molar-refractivity contribution < 1.29 is 14.3 Å². The third-order valence-electron chi connectivity index (χ3n) is 4.82. The van der Waals surface area contributed by atoms with E-state index in [0.29, 0.717) is 43.3 Å². The Morgan fingerprint density at radius 3 is 2.54 bits per heavy atom. The number of fused-ring (bicyclic) bond motifs is 1. The van der Waals surface area contributed by atoms with Gasteiger partial charge in [-0.3, -0.25) is 9.48 Å². The number of rotatable bonds is 4. The summed E-state index contributed by atoms with van der Waals surface area (Å²) in [5, 5.41) is 4.31. The van der Waals surface area contributed by atoms with Gasteiger partial charge in [0.05, 0.1) is 13.2 Å². The number of benzene rings is 1. The summed E-state index contributed by atoms with van der Waals surface area (Å²) in [6.45, 7) is 7.31. The molecule has 0 saturated heterocycles. The van der Waals surface area contributed by atoms with Crippen LogP contribution < -0.4 is 0 Å². The maximum atomic E-state index is 12.9. The molecule has 138 valence electrons. The van der Waals surface area contributed by atoms with Crippen LogP contribution in [0.4, 0.5) is 0 Å². The smallest absolute Gasteiger partial charge is 0.359 e. The van der Waals surface area contributed by atoms with Crippen LogP contribution in [0, 0.1) is 0 Å². The fraction of sp³-hybridized carbons (Fsp3) is 0.450. The molecule has 1 aromatic heterocycles. The van der Waals surface area contributed by atoms with Gasteiger partial charge in [0.1, 0.15) is 0 Å². The standard InChI is InChI=1S/C20H25N3O3/c1-5-26-20(25)18-16-12-23(11-10-17(16)22(4)21-18)19(24)15-8-6-14(7-9-15)13(2)3/h6-9,13H,5,10-12H2,1-4H3. The molecule has 0 radical (unpaired) electrons. The van der Waals surface area contributed by atoms with Gasteiger partial charge < -0.3 is 9.64 Å². The fourth-order valence-corrected chi connectivity index (χ4v) is 3.32. The van der Waals surface area contributed by atoms with E-state index >= 15 is 0 Å². The van der Waals surface area contributed by atoms with E-state index in [2.05, 4.69) is 18.9 Å². The highest BCUT2D eigenvalue weighted by molar-refractivity contribution is 5.95. The van der Waals surface area contributed by atoms with Crippen molar-refractivity contribution in [1.29, 1.82) is 0 Å². The summed E-state index contributed by atoms with van der Waals surface area (Å²) in [5.74, 6) is -0.0243. The minimum absolute atomic E-state index is 0.0235. The second-order valence-electron chi connectivity index (χ2n) is 6.87. The lowest BCUT2D eigenvalue weighted by Crippen LogP contribution is -2.36. The summed E-state index contributed by atoms with van der Waals surface area (Å²) in [6.07, 6.45) is 0.675. The number of esters is 1. The van der Waals surface area contributed by atoms with Gasteiger partial charge in [-0.2, -0.15) is 5.10 Å². The second kappa shape index (κ2) is 7.32. The average molecular weight is 355 g/mol. The van der Waals surface area contributed by atoms with E-state index in [1.54, 1.807) is 16.5 Å². The topological polar surface area (TPSA) is 64.4 Å². The number of aryl methyl sites for hydroxylation is 1. The predicted molar refractivity (Wildman–Crippen MR) is 98.1 cm³/mol. The molecule has 6 heteroatoms. The molecule has 26 heavy (non-hydrogen) atoms. The molecule has 0 atom stereocenters. The van der Waals surface area contributed by atoms with Crippen LogP contribution in [0.25, 0.3) is 0 Å². The lowest BCUT2D eigenvalue weighted by Gasteiger charge is -2.27. The maximum Gasteiger partial charge on any atom is 0.359 e. The lowest BCUT2D eigenvalue weighted by molar-refractivity contribution is 0.0513. The average Bonchev–Trinajstić information content (AvgIpc) is 2.97. The van der Waals surface area contributed by atoms with Crippen LogP contribution in [0.3, 0.4) is 0 Å². The molecule has 0 bridgehead atoms. The normalized spacial score (nSPS) is 13.7. The molecular formula is C20H25N3O3. The molecular weight excluding hydrogens is 330 g/mol. The van der Waals surface area contributed by atoms with Gasteiger partial charge in [0, 0.05) is 36.8 Å². The first-order valence-electron chi connectivity index (χ1n) is 9.03. The molecule has 1 amide bonds. The van der Waals surface area contributed by atoms with Gasteiger partial charge in [-0.15, -0.1) is 0 Å². The quantitative estimate of drug-likeness (QED) is 0.791. The monoisotopic (exact) mass is 355 g/mol. The summed E-state index contributed by atoms with van der Waals surface area (Å²) in [4.78, 5) is 26.8. The summed E-state index contributed by atoms with van der Waals surface area (Å²) in [7, 11) is 1.82. The molecule has 0 N–H and O–H groups in total. The Hall–Kier alpha value is -2.63. The number of ether oxygens (including phenoxy) is 1. The van der Waals surface area contributed by atoms with Gasteiger partial charge in [-0.05, 0) is 30.5 Å². The van der Waals surface area contributed by atoms with E-state index < -0.39 is 5.97 Å². The van der Waals surface area contributed by atoms with Crippen molar-refractivity contribution in [3.05, 3.63) is 52.3 Å². The van der Waals surface area contributed by atoms with E-state index in [1.165, 1.54) is 5.56 Å². The van der Waals surface area contributed by atoms with Gasteiger partial charge in [-0.25, -0.2) is 4.79 Å². The highest BCUT2D eigenvalue weighted by Crippen LogP contribution is 2.24. The van der Waals surface area contributed by atoms with Crippen molar-refractivity contribution in [2.24, 2.45) is 7.05 Å². The lowest BCUT2D eigenvalue weighted by atomic mass is 10.0. The second-order valence-corrected chi connectivity index (χ2v) is 6.87. The first-order chi connectivity index (χ1) is 12.4. The van der Waals surface area contributed by atoms with Crippen LogP contribution in [0.1, 0.15) is 64.4 Å². The van der Waals surface area contributed by atoms with Gasteiger partial charge in [0.15, 0.2) is 5.69 Å². The van der Waals surface area contributed by atoms with Gasteiger partial charge >= 0.3 is 5.97 Å². The largest absolute Gasteiger partial charge is 0.461 e. The molecule has 0 spiro atoms. The number of carbonyl (C=O) groups is 2. The molecule has 6 nitrogen and oxygen atoms in total. The van der Waals surface area contributed by atoms with Crippen molar-refractivity contribution in [1.82, 2.24) is 14.7 Å². The zero-order chi connectivity index (χ0) is 18.8. The molecule has 1 aliphatic heterocycles. The first-order valence-corrected chi connectivity index (χ1v) is 9.03. The zero-order valence-corrected chi connectivity index (χ0v) is 15.8. The van der Waals surface area contributed by atoms with Crippen molar-refractivity contribution in [3.63, 3.8) is 0 Å². The molecule has 0 unspecified atom stereocenters. The number of nitrogens with zero attached hydrogens (tertiary/aromatic N) is 3. The van der Waals surface area contributed by atoms with Gasteiger partial charge in [0.25, 0.3) is 5.91 Å². The molecule has 0 aliphatic carbocycles. The van der Waals surface area contributed by atoms with E-state index in [1.807, 2.05) is 31.3 Å². The van der Waals surface area contributed by atoms with Crippen molar-refractivity contribution in [2.45, 2.75) is 39.7 Å². The van der Waals surface area contributed by atoms with Crippen LogP contribution in [0.5, 0.6) is 0 Å². The van der Waals surface area contributed by atoms with Crippen molar-refractivity contribution in [3.8, 4) is 0 Å². The Labute approximate surface area is 153 Å². The summed E-state index contributed by atoms with van der Waals surface area (Å²) in [5.41, 5.74) is 3.98. The molecule has 1 aliphatic rings. The Morgan fingerprint density at radius 1 is 1.23 bits per heavy atom. The van der Waals surface area contributed by atoms with Gasteiger partial charge in [0.2, 0.25) is 0 Å². The number of aromatic nitrogens is 2. The van der Waals surface area contributed by atoms with Crippen LogP contribution in [-0.4, -0.2) is 39.7 Å². The third-order valence-corrected chi connectivity index (χ3v) is 4.82. The first kappa shape index (κ1) is 18.2. The molecule has 2 heterocycles. The third kappa shape index (κ3) is 3.36. The Bertz CT molecular complexity index is 822. The highest BCUT2D eigenvalue weighted by Gasteiger charge is 2.30. The Morgan fingerprint density at radius 2 is 1.92 bits per heavy atom. The number of carbonyl (C=O) groups excluding carboxylic acids is 2. The number of amides is 1. The summed E-state index contributed by atoms with van der Waals surface area (Å²) >= 11 is 0. The SMILES string of the molecule is CCOC(=O)c1nn(C)c2c1CN(C(=O)c1ccc(C(C)C)cc1)CC2. The number of hydrogen-bond donors (Lipinski definition) is 0. The van der Waals surface area contributed by atoms with Crippen LogP contribution in [0.2, 0.25) is 0 Å². The minimum Gasteiger partial charge on any atom is -0.461 e. The Balaban J connectivity index is 1.83. The van der Waals surface area contributed by atoms with E-state index in [9.17, 15) is 9.59 Å². The molecule has 2 aromatic rings. The van der Waals surface area contributed by atoms with Crippen LogP contribution >= 0.6 is 0 Å². The summed E-state index contributed by atoms with van der Waals surface area (Å²) < 4.78 is 6.83. The maximum absolute atomic E-state index is 12.9. The zero-order valence-electron chi connectivity index (χ0n) is 15.8. The van der Waals surface area contributed by atoms with Crippen LogP contribution in [-0.2, 0) is 24.8 Å². The van der Waals surface area contributed by atoms with E-state index in [-0.39, 0.29) is 5.91 Å². The number of hydrogen-bond acceptors (Lipinski definition) is 4. The molecule has 0 saturated carbocycles. The van der Waals surface area contributed by atoms with Crippen molar-refractivity contribution >= 4 is 11.9 Å². The molecule has 3 rings (SSSR count). The summed E-state index contributed by atoms with van der Waals surface area (Å²) in [6, 6.07) is 7.76. The fourth-order valence-electron chi connectivity index (χ4n) is 3.32. The van der Waals surface area contributed by atoms with Crippen LogP contribution in [0.15, 0.2) is 24.3 Å². The van der Waals surface area contributed by atoms with E-state index in [0.717, 1.165) is 11.3 Å². The van der Waals surface area contributed by atoms with Gasteiger partial charge in [-0.1, -0.05) is 26.0 Å². The van der Waals surface area contributed by atoms with Crippen molar-refractivity contribution in [2.75, 3.05) is 13.2 Å². The molecule has 1 aromatic carbocycles. The predicted octanol–water partition coefficient (Wildman–Crippen LogP) is 2.92. The minimum atomic E-state index is -0.431. The molecule has 0 fully saturated rings. The highest BCUT2D eigenvalue weighted by atomic mass is 16.5.